The molecule has 3 N–H and O–H groups in total. The van der Waals surface area contributed by atoms with Crippen molar-refractivity contribution in [1.29, 1.82) is 0 Å². The number of hydrazine groups is 1. The van der Waals surface area contributed by atoms with Gasteiger partial charge in [-0.15, -0.1) is 10.2 Å². The zero-order valence-electron chi connectivity index (χ0n) is 8.48. The maximum absolute atomic E-state index is 5.97. The van der Waals surface area contributed by atoms with Crippen LogP contribution in [-0.4, -0.2) is 10.2 Å². The molecule has 0 bridgehead atoms. The molecule has 2 rings (SSSR count). The number of hydrogen-bond donors (Lipinski definition) is 2. The van der Waals surface area contributed by atoms with E-state index < -0.39 is 0 Å². The smallest absolute Gasteiger partial charge is 0.219 e. The van der Waals surface area contributed by atoms with Crippen molar-refractivity contribution in [2.24, 2.45) is 5.84 Å². The zero-order valence-corrected chi connectivity index (χ0v) is 10.8. The molecule has 0 radical (unpaired) electrons. The first-order valence-electron chi connectivity index (χ1n) is 4.56. The van der Waals surface area contributed by atoms with E-state index in [-0.39, 0.29) is 6.61 Å². The average molecular weight is 291 g/mol. The first-order chi connectivity index (χ1) is 8.20. The maximum atomic E-state index is 5.97. The lowest BCUT2D eigenvalue weighted by atomic mass is 10.3. The van der Waals surface area contributed by atoms with Crippen molar-refractivity contribution in [2.75, 3.05) is 5.43 Å². The summed E-state index contributed by atoms with van der Waals surface area (Å²) in [5, 5.41) is 9.71. The van der Waals surface area contributed by atoms with Crippen molar-refractivity contribution < 1.29 is 4.74 Å². The van der Waals surface area contributed by atoms with E-state index >= 15 is 0 Å². The third-order valence-corrected chi connectivity index (χ3v) is 3.49. The number of anilines is 1. The quantitative estimate of drug-likeness (QED) is 0.669. The van der Waals surface area contributed by atoms with Crippen LogP contribution in [0.25, 0.3) is 0 Å². The predicted molar refractivity (Wildman–Crippen MR) is 68.5 cm³/mol. The van der Waals surface area contributed by atoms with Crippen LogP contribution in [0.15, 0.2) is 18.2 Å². The summed E-state index contributed by atoms with van der Waals surface area (Å²) in [4.78, 5) is 0. The Morgan fingerprint density at radius 1 is 1.35 bits per heavy atom. The zero-order chi connectivity index (χ0) is 12.3. The Balaban J connectivity index is 2.04. The van der Waals surface area contributed by atoms with E-state index in [1.54, 1.807) is 18.2 Å². The Hall–Kier alpha value is -1.08. The molecule has 0 saturated heterocycles. The number of ether oxygens (including phenoxy) is 1. The number of rotatable bonds is 4. The van der Waals surface area contributed by atoms with Crippen LogP contribution in [-0.2, 0) is 6.61 Å². The third kappa shape index (κ3) is 2.98. The molecule has 8 heteroatoms. The summed E-state index contributed by atoms with van der Waals surface area (Å²) in [5.41, 5.74) is 2.41. The molecule has 0 aliphatic rings. The minimum Gasteiger partial charge on any atom is -0.485 e. The fourth-order valence-corrected chi connectivity index (χ4v) is 2.01. The molecule has 0 fully saturated rings. The van der Waals surface area contributed by atoms with Crippen LogP contribution in [0.5, 0.6) is 5.75 Å². The Morgan fingerprint density at radius 2 is 2.18 bits per heavy atom. The normalized spacial score (nSPS) is 10.3. The van der Waals surface area contributed by atoms with E-state index in [9.17, 15) is 0 Å². The fraction of sp³-hybridized carbons (Fsp3) is 0.111. The summed E-state index contributed by atoms with van der Waals surface area (Å²) >= 11 is 13.1. The van der Waals surface area contributed by atoms with Crippen LogP contribution in [0.4, 0.5) is 5.13 Å². The second-order valence-corrected chi connectivity index (χ2v) is 4.83. The predicted octanol–water partition coefficient (Wildman–Crippen LogP) is 2.71. The largest absolute Gasteiger partial charge is 0.485 e. The molecule has 0 aliphatic heterocycles. The second-order valence-electron chi connectivity index (χ2n) is 2.99. The van der Waals surface area contributed by atoms with E-state index in [0.717, 1.165) is 0 Å². The molecular formula is C9H8Cl2N4OS. The Labute approximate surface area is 111 Å². The van der Waals surface area contributed by atoms with Gasteiger partial charge in [0.1, 0.15) is 17.4 Å². The molecule has 5 nitrogen and oxygen atoms in total. The molecule has 0 spiro atoms. The van der Waals surface area contributed by atoms with Crippen molar-refractivity contribution in [2.45, 2.75) is 6.61 Å². The van der Waals surface area contributed by atoms with Gasteiger partial charge in [0.05, 0.1) is 5.02 Å². The van der Waals surface area contributed by atoms with Gasteiger partial charge in [0, 0.05) is 0 Å². The SMILES string of the molecule is NNc1nnc(COc2cccc(Cl)c2Cl)s1. The van der Waals surface area contributed by atoms with Crippen molar-refractivity contribution in [3.05, 3.63) is 33.3 Å². The number of hydrogen-bond acceptors (Lipinski definition) is 6. The monoisotopic (exact) mass is 290 g/mol. The molecule has 0 atom stereocenters. The maximum Gasteiger partial charge on any atom is 0.219 e. The first kappa shape index (κ1) is 12.4. The van der Waals surface area contributed by atoms with Gasteiger partial charge < -0.3 is 4.74 Å². The summed E-state index contributed by atoms with van der Waals surface area (Å²) in [6, 6.07) is 5.19. The van der Waals surface area contributed by atoms with Gasteiger partial charge in [0.2, 0.25) is 5.13 Å². The van der Waals surface area contributed by atoms with E-state index in [1.807, 2.05) is 0 Å². The highest BCUT2D eigenvalue weighted by molar-refractivity contribution is 7.15. The first-order valence-corrected chi connectivity index (χ1v) is 6.13. The van der Waals surface area contributed by atoms with Crippen LogP contribution in [0.1, 0.15) is 5.01 Å². The topological polar surface area (TPSA) is 73.1 Å². The molecule has 0 aliphatic carbocycles. The van der Waals surface area contributed by atoms with Crippen LogP contribution >= 0.6 is 34.5 Å². The van der Waals surface area contributed by atoms with Gasteiger partial charge in [0.25, 0.3) is 0 Å². The lowest BCUT2D eigenvalue weighted by Gasteiger charge is -2.06. The lowest BCUT2D eigenvalue weighted by Crippen LogP contribution is -2.05. The van der Waals surface area contributed by atoms with E-state index in [2.05, 4.69) is 15.6 Å². The Bertz CT molecular complexity index is 519. The van der Waals surface area contributed by atoms with Crippen molar-refractivity contribution in [1.82, 2.24) is 10.2 Å². The van der Waals surface area contributed by atoms with E-state index in [1.165, 1.54) is 11.3 Å². The molecule has 1 heterocycles. The highest BCUT2D eigenvalue weighted by atomic mass is 35.5. The van der Waals surface area contributed by atoms with Crippen molar-refractivity contribution in [3.63, 3.8) is 0 Å². The standard InChI is InChI=1S/C9H8Cl2N4OS/c10-5-2-1-3-6(8(5)11)16-4-7-14-15-9(13-12)17-7/h1-3H,4,12H2,(H,13,15). The number of nitrogens with one attached hydrogen (secondary N) is 1. The highest BCUT2D eigenvalue weighted by Crippen LogP contribution is 2.32. The van der Waals surface area contributed by atoms with Gasteiger partial charge in [-0.2, -0.15) is 0 Å². The van der Waals surface area contributed by atoms with Gasteiger partial charge >= 0.3 is 0 Å². The fourth-order valence-electron chi connectivity index (χ4n) is 1.11. The molecule has 90 valence electrons. The number of nitrogens with two attached hydrogens (primary N) is 1. The van der Waals surface area contributed by atoms with E-state index in [4.69, 9.17) is 33.8 Å². The summed E-state index contributed by atoms with van der Waals surface area (Å²) < 4.78 is 5.48. The average Bonchev–Trinajstić information content (AvgIpc) is 2.79. The van der Waals surface area contributed by atoms with Crippen molar-refractivity contribution >= 4 is 39.7 Å². The van der Waals surface area contributed by atoms with Gasteiger partial charge in [-0.05, 0) is 12.1 Å². The second kappa shape index (κ2) is 5.50. The molecule has 1 aromatic heterocycles. The van der Waals surface area contributed by atoms with Gasteiger partial charge in [-0.1, -0.05) is 40.6 Å². The molecule has 2 aromatic rings. The van der Waals surface area contributed by atoms with Crippen LogP contribution in [0.2, 0.25) is 10.0 Å². The molecule has 0 saturated carbocycles. The molecule has 0 amide bonds. The number of aromatic nitrogens is 2. The summed E-state index contributed by atoms with van der Waals surface area (Å²) in [6.45, 7) is 0.263. The third-order valence-electron chi connectivity index (χ3n) is 1.86. The van der Waals surface area contributed by atoms with Gasteiger partial charge in [0.15, 0.2) is 5.01 Å². The van der Waals surface area contributed by atoms with Crippen LogP contribution in [0, 0.1) is 0 Å². The number of halogens is 2. The summed E-state index contributed by atoms with van der Waals surface area (Å²) in [7, 11) is 0. The van der Waals surface area contributed by atoms with Crippen molar-refractivity contribution in [3.8, 4) is 5.75 Å². The number of nitrogen functional groups attached to an aromatic ring is 1. The van der Waals surface area contributed by atoms with Crippen LogP contribution < -0.4 is 16.0 Å². The number of benzene rings is 1. The Kier molecular flexibility index (Phi) is 4.01. The minimum atomic E-state index is 0.263. The minimum absolute atomic E-state index is 0.263. The number of nitrogens with zero attached hydrogens (tertiary/aromatic N) is 2. The highest BCUT2D eigenvalue weighted by Gasteiger charge is 2.08. The summed E-state index contributed by atoms with van der Waals surface area (Å²) in [5.74, 6) is 5.70. The van der Waals surface area contributed by atoms with Gasteiger partial charge in [-0.3, -0.25) is 5.43 Å². The summed E-state index contributed by atoms with van der Waals surface area (Å²) in [6.07, 6.45) is 0. The molecular weight excluding hydrogens is 283 g/mol. The lowest BCUT2D eigenvalue weighted by molar-refractivity contribution is 0.305. The molecule has 0 unspecified atom stereocenters. The Morgan fingerprint density at radius 3 is 2.88 bits per heavy atom. The van der Waals surface area contributed by atoms with Gasteiger partial charge in [-0.25, -0.2) is 5.84 Å². The molecule has 1 aromatic carbocycles. The van der Waals surface area contributed by atoms with E-state index in [0.29, 0.717) is 25.9 Å². The molecule has 17 heavy (non-hydrogen) atoms. The van der Waals surface area contributed by atoms with Crippen LogP contribution in [0.3, 0.4) is 0 Å².